The van der Waals surface area contributed by atoms with E-state index in [1.54, 1.807) is 24.3 Å². The molecule has 6 heteroatoms. The Balaban J connectivity index is 1.88. The highest BCUT2D eigenvalue weighted by Crippen LogP contribution is 2.37. The van der Waals surface area contributed by atoms with Crippen molar-refractivity contribution in [2.45, 2.75) is 13.8 Å². The average Bonchev–Trinajstić information content (AvgIpc) is 2.97. The molecule has 3 rings (SSSR count). The molecule has 0 saturated carbocycles. The van der Waals surface area contributed by atoms with Gasteiger partial charge in [0.15, 0.2) is 4.32 Å². The van der Waals surface area contributed by atoms with Gasteiger partial charge in [-0.15, -0.1) is 0 Å². The number of nitriles is 1. The summed E-state index contributed by atoms with van der Waals surface area (Å²) in [6, 6.07) is 17.2. The second-order valence-corrected chi connectivity index (χ2v) is 7.59. The number of carbonyl (C=O) groups excluding carboxylic acids is 1. The summed E-state index contributed by atoms with van der Waals surface area (Å²) in [5, 5.41) is 9.31. The fourth-order valence-corrected chi connectivity index (χ4v) is 4.24. The van der Waals surface area contributed by atoms with Gasteiger partial charge in [0.25, 0.3) is 5.91 Å². The summed E-state index contributed by atoms with van der Waals surface area (Å²) in [7, 11) is 0. The quantitative estimate of drug-likeness (QED) is 0.539. The second-order valence-electron chi connectivity index (χ2n) is 5.91. The van der Waals surface area contributed by atoms with Crippen LogP contribution in [0.3, 0.4) is 0 Å². The van der Waals surface area contributed by atoms with Crippen LogP contribution >= 0.6 is 24.0 Å². The number of rotatable bonds is 5. The van der Waals surface area contributed by atoms with Gasteiger partial charge in [-0.2, -0.15) is 5.26 Å². The highest BCUT2D eigenvalue weighted by Gasteiger charge is 2.34. The molecule has 0 N–H and O–H groups in total. The fourth-order valence-electron chi connectivity index (χ4n) is 2.96. The molecular weight excluding hydrogens is 374 g/mol. The number of carbonyl (C=O) groups is 1. The first-order chi connectivity index (χ1) is 13.1. The van der Waals surface area contributed by atoms with Crippen molar-refractivity contribution in [1.29, 1.82) is 5.26 Å². The van der Waals surface area contributed by atoms with Crippen LogP contribution in [0.15, 0.2) is 53.4 Å². The number of amides is 1. The molecule has 0 aliphatic carbocycles. The Morgan fingerprint density at radius 3 is 2.44 bits per heavy atom. The van der Waals surface area contributed by atoms with E-state index >= 15 is 0 Å². The van der Waals surface area contributed by atoms with Crippen LogP contribution in [0.25, 0.3) is 6.08 Å². The van der Waals surface area contributed by atoms with E-state index in [1.165, 1.54) is 16.7 Å². The van der Waals surface area contributed by atoms with Crippen LogP contribution in [0, 0.1) is 11.3 Å². The van der Waals surface area contributed by atoms with Gasteiger partial charge in [0.1, 0.15) is 6.07 Å². The third kappa shape index (κ3) is 3.90. The third-order valence-corrected chi connectivity index (χ3v) is 5.68. The lowest BCUT2D eigenvalue weighted by Gasteiger charge is -2.20. The number of thiocarbonyl (C=S) groups is 1. The summed E-state index contributed by atoms with van der Waals surface area (Å²) < 4.78 is 0.439. The van der Waals surface area contributed by atoms with Gasteiger partial charge in [0.2, 0.25) is 0 Å². The van der Waals surface area contributed by atoms with Crippen molar-refractivity contribution in [3.63, 3.8) is 0 Å². The van der Waals surface area contributed by atoms with Gasteiger partial charge in [0.05, 0.1) is 16.2 Å². The van der Waals surface area contributed by atoms with Gasteiger partial charge in [-0.05, 0) is 49.8 Å². The highest BCUT2D eigenvalue weighted by atomic mass is 32.2. The molecular formula is C21H19N3OS2. The van der Waals surface area contributed by atoms with Crippen LogP contribution in [0.2, 0.25) is 0 Å². The Kier molecular flexibility index (Phi) is 5.94. The lowest BCUT2D eigenvalue weighted by molar-refractivity contribution is -0.113. The standard InChI is InChI=1S/C21H19N3OS2/c1-3-23(4-2)17-11-9-15(10-12-17)13-19-20(25)24(21(26)27-19)18-8-6-5-7-16(18)14-22/h5-13H,3-4H2,1-2H3/b19-13-. The van der Waals surface area contributed by atoms with E-state index in [0.717, 1.165) is 24.3 Å². The zero-order valence-corrected chi connectivity index (χ0v) is 16.8. The lowest BCUT2D eigenvalue weighted by atomic mass is 10.1. The van der Waals surface area contributed by atoms with E-state index in [1.807, 2.05) is 18.2 Å². The molecule has 27 heavy (non-hydrogen) atoms. The molecule has 1 aliphatic heterocycles. The topological polar surface area (TPSA) is 47.3 Å². The number of benzene rings is 2. The minimum absolute atomic E-state index is 0.194. The van der Waals surface area contributed by atoms with Gasteiger partial charge in [0, 0.05) is 18.8 Å². The predicted octanol–water partition coefficient (Wildman–Crippen LogP) is 4.81. The maximum atomic E-state index is 12.9. The average molecular weight is 394 g/mol. The van der Waals surface area contributed by atoms with Crippen molar-refractivity contribution in [3.8, 4) is 6.07 Å². The molecule has 0 radical (unpaired) electrons. The van der Waals surface area contributed by atoms with Gasteiger partial charge in [-0.1, -0.05) is 48.2 Å². The van der Waals surface area contributed by atoms with Crippen LogP contribution < -0.4 is 9.80 Å². The van der Waals surface area contributed by atoms with Crippen LogP contribution in [0.4, 0.5) is 11.4 Å². The number of thioether (sulfide) groups is 1. The van der Waals surface area contributed by atoms with E-state index in [0.29, 0.717) is 20.5 Å². The van der Waals surface area contributed by atoms with E-state index in [9.17, 15) is 10.1 Å². The molecule has 0 spiro atoms. The zero-order chi connectivity index (χ0) is 19.4. The number of nitrogens with zero attached hydrogens (tertiary/aromatic N) is 3. The molecule has 2 aromatic carbocycles. The predicted molar refractivity (Wildman–Crippen MR) is 117 cm³/mol. The van der Waals surface area contributed by atoms with Crippen molar-refractivity contribution >= 4 is 51.7 Å². The molecule has 1 amide bonds. The molecule has 1 saturated heterocycles. The molecule has 1 fully saturated rings. The third-order valence-electron chi connectivity index (χ3n) is 4.38. The molecule has 0 atom stereocenters. The van der Waals surface area contributed by atoms with Gasteiger partial charge in [-0.25, -0.2) is 0 Å². The van der Waals surface area contributed by atoms with Gasteiger partial charge >= 0.3 is 0 Å². The maximum Gasteiger partial charge on any atom is 0.270 e. The summed E-state index contributed by atoms with van der Waals surface area (Å²) in [5.74, 6) is -0.194. The Hall–Kier alpha value is -2.62. The normalized spacial score (nSPS) is 15.3. The van der Waals surface area contributed by atoms with Crippen LogP contribution in [0.5, 0.6) is 0 Å². The number of hydrogen-bond donors (Lipinski definition) is 0. The number of anilines is 2. The van der Waals surface area contributed by atoms with E-state index < -0.39 is 0 Å². The smallest absolute Gasteiger partial charge is 0.270 e. The minimum Gasteiger partial charge on any atom is -0.372 e. The summed E-state index contributed by atoms with van der Waals surface area (Å²) >= 11 is 6.66. The number of para-hydroxylation sites is 1. The van der Waals surface area contributed by atoms with E-state index in [2.05, 4.69) is 36.9 Å². The number of hydrogen-bond acceptors (Lipinski definition) is 5. The molecule has 0 bridgehead atoms. The lowest BCUT2D eigenvalue weighted by Crippen LogP contribution is -2.28. The summed E-state index contributed by atoms with van der Waals surface area (Å²) in [6.45, 7) is 6.16. The Morgan fingerprint density at radius 2 is 1.81 bits per heavy atom. The van der Waals surface area contributed by atoms with E-state index in [-0.39, 0.29) is 5.91 Å². The van der Waals surface area contributed by atoms with Crippen LogP contribution in [-0.4, -0.2) is 23.3 Å². The summed E-state index contributed by atoms with van der Waals surface area (Å²) in [5.41, 5.74) is 3.06. The molecule has 136 valence electrons. The Morgan fingerprint density at radius 1 is 1.15 bits per heavy atom. The highest BCUT2D eigenvalue weighted by molar-refractivity contribution is 8.27. The van der Waals surface area contributed by atoms with Crippen LogP contribution in [0.1, 0.15) is 25.0 Å². The van der Waals surface area contributed by atoms with E-state index in [4.69, 9.17) is 12.2 Å². The second kappa shape index (κ2) is 8.38. The van der Waals surface area contributed by atoms with Gasteiger partial charge < -0.3 is 4.90 Å². The summed E-state index contributed by atoms with van der Waals surface area (Å²) in [4.78, 5) is 17.2. The molecule has 0 unspecified atom stereocenters. The largest absolute Gasteiger partial charge is 0.372 e. The fraction of sp³-hybridized carbons (Fsp3) is 0.190. The molecule has 0 aromatic heterocycles. The van der Waals surface area contributed by atoms with Crippen molar-refractivity contribution in [3.05, 3.63) is 64.6 Å². The first-order valence-electron chi connectivity index (χ1n) is 8.71. The SMILES string of the molecule is CCN(CC)c1ccc(/C=C2\SC(=S)N(c3ccccc3C#N)C2=O)cc1. The molecule has 1 aliphatic rings. The van der Waals surface area contributed by atoms with Crippen LogP contribution in [-0.2, 0) is 4.79 Å². The molecule has 1 heterocycles. The minimum atomic E-state index is -0.194. The first-order valence-corrected chi connectivity index (χ1v) is 9.93. The van der Waals surface area contributed by atoms with Gasteiger partial charge in [-0.3, -0.25) is 9.69 Å². The first kappa shape index (κ1) is 19.2. The Labute approximate surface area is 169 Å². The van der Waals surface area contributed by atoms with Crippen molar-refractivity contribution in [2.24, 2.45) is 0 Å². The molecule has 2 aromatic rings. The van der Waals surface area contributed by atoms with Crippen molar-refractivity contribution < 1.29 is 4.79 Å². The Bertz CT molecular complexity index is 941. The maximum absolute atomic E-state index is 12.9. The van der Waals surface area contributed by atoms with Crippen molar-refractivity contribution in [2.75, 3.05) is 22.9 Å². The molecule has 4 nitrogen and oxygen atoms in total. The van der Waals surface area contributed by atoms with Crippen molar-refractivity contribution in [1.82, 2.24) is 0 Å². The zero-order valence-electron chi connectivity index (χ0n) is 15.2. The monoisotopic (exact) mass is 393 g/mol. The summed E-state index contributed by atoms with van der Waals surface area (Å²) in [6.07, 6.45) is 1.85.